The van der Waals surface area contributed by atoms with Crippen molar-refractivity contribution in [2.75, 3.05) is 31.6 Å². The summed E-state index contributed by atoms with van der Waals surface area (Å²) in [6.45, 7) is 0.566. The molecule has 0 amide bonds. The Morgan fingerprint density at radius 1 is 1.21 bits per heavy atom. The molecule has 19 heteroatoms. The van der Waals surface area contributed by atoms with E-state index < -0.39 is 48.7 Å². The van der Waals surface area contributed by atoms with Gasteiger partial charge in [0.2, 0.25) is 21.9 Å². The maximum absolute atomic E-state index is 13.4. The number of nitrogens with zero attached hydrogens (tertiary/aromatic N) is 5. The Kier molecular flexibility index (Phi) is 8.14. The Hall–Kier alpha value is -3.29. The summed E-state index contributed by atoms with van der Waals surface area (Å²) >= 11 is 0. The summed E-state index contributed by atoms with van der Waals surface area (Å²) in [5.74, 6) is -0.710. The summed E-state index contributed by atoms with van der Waals surface area (Å²) in [5, 5.41) is 13.7. The van der Waals surface area contributed by atoms with E-state index in [1.165, 1.54) is 0 Å². The van der Waals surface area contributed by atoms with Gasteiger partial charge in [0, 0.05) is 44.2 Å². The second-order valence-corrected chi connectivity index (χ2v) is 12.3. The molecule has 4 rings (SSSR count). The zero-order chi connectivity index (χ0) is 28.4. The van der Waals surface area contributed by atoms with Gasteiger partial charge >= 0.3 is 6.18 Å². The molecule has 214 valence electrons. The molecule has 0 unspecified atom stereocenters. The normalized spacial score (nSPS) is 20.2. The van der Waals surface area contributed by atoms with Gasteiger partial charge in [-0.15, -0.1) is 0 Å². The maximum atomic E-state index is 13.4. The smallest absolute Gasteiger partial charge is 0.423 e. The number of nitrogens with one attached hydrogen (secondary N) is 2. The predicted molar refractivity (Wildman–Crippen MR) is 130 cm³/mol. The van der Waals surface area contributed by atoms with E-state index >= 15 is 0 Å². The van der Waals surface area contributed by atoms with Crippen molar-refractivity contribution < 1.29 is 39.5 Å². The van der Waals surface area contributed by atoms with Crippen LogP contribution in [-0.2, 0) is 31.0 Å². The van der Waals surface area contributed by atoms with E-state index in [2.05, 4.69) is 20.4 Å². The van der Waals surface area contributed by atoms with Crippen LogP contribution in [0.3, 0.4) is 0 Å². The number of alkyl halides is 3. The van der Waals surface area contributed by atoms with Crippen LogP contribution < -0.4 is 15.8 Å². The van der Waals surface area contributed by atoms with E-state index in [0.717, 1.165) is 16.7 Å². The Bertz CT molecular complexity index is 1450. The van der Waals surface area contributed by atoms with Crippen molar-refractivity contribution >= 4 is 32.2 Å². The third-order valence-corrected chi connectivity index (χ3v) is 9.43. The van der Waals surface area contributed by atoms with Gasteiger partial charge in [-0.05, 0) is 12.8 Å². The molecule has 2 aromatic rings. The average Bonchev–Trinajstić information content (AvgIpc) is 3.58. The van der Waals surface area contributed by atoms with Gasteiger partial charge < -0.3 is 25.9 Å². The molecule has 0 saturated carbocycles. The second kappa shape index (κ2) is 11.1. The molecule has 2 fully saturated rings. The van der Waals surface area contributed by atoms with Crippen LogP contribution in [0, 0.1) is 5.41 Å². The van der Waals surface area contributed by atoms with Crippen molar-refractivity contribution in [3.63, 3.8) is 0 Å². The molecular formula is C20H25F3N8O6S2. The number of piperidine rings is 1. The lowest BCUT2D eigenvalue weighted by molar-refractivity contribution is -0.139. The molecule has 2 aromatic heterocycles. The molecule has 1 atom stereocenters. The third kappa shape index (κ3) is 6.15. The van der Waals surface area contributed by atoms with Crippen molar-refractivity contribution in [1.29, 1.82) is 5.41 Å². The highest BCUT2D eigenvalue weighted by atomic mass is 32.2. The number of anilines is 1. The minimum Gasteiger partial charge on any atom is -0.471 e. The summed E-state index contributed by atoms with van der Waals surface area (Å²) in [5.41, 5.74) is 4.11. The van der Waals surface area contributed by atoms with E-state index in [1.807, 2.05) is 0 Å². The lowest BCUT2D eigenvalue weighted by Crippen LogP contribution is -2.42. The van der Waals surface area contributed by atoms with Gasteiger partial charge in [-0.1, -0.05) is 0 Å². The van der Waals surface area contributed by atoms with E-state index in [1.54, 1.807) is 0 Å². The van der Waals surface area contributed by atoms with Crippen LogP contribution >= 0.6 is 0 Å². The molecule has 39 heavy (non-hydrogen) atoms. The number of halogens is 3. The van der Waals surface area contributed by atoms with Crippen LogP contribution in [0.5, 0.6) is 5.88 Å². The average molecular weight is 595 g/mol. The van der Waals surface area contributed by atoms with E-state index in [9.17, 15) is 30.0 Å². The lowest BCUT2D eigenvalue weighted by Gasteiger charge is -2.31. The van der Waals surface area contributed by atoms with Crippen LogP contribution in [0.25, 0.3) is 0 Å². The summed E-state index contributed by atoms with van der Waals surface area (Å²) < 4.78 is 103. The van der Waals surface area contributed by atoms with E-state index in [-0.39, 0.29) is 49.4 Å². The maximum Gasteiger partial charge on any atom is 0.423 e. The highest BCUT2D eigenvalue weighted by molar-refractivity contribution is 7.94. The number of allylic oxidation sites excluding steroid dienone is 1. The molecule has 0 aromatic carbocycles. The number of aromatic nitrogens is 4. The molecule has 4 N–H and O–H groups in total. The molecule has 4 heterocycles. The molecule has 14 nitrogen and oxygen atoms in total. The molecule has 0 spiro atoms. The zero-order valence-electron chi connectivity index (χ0n) is 20.2. The van der Waals surface area contributed by atoms with Crippen LogP contribution in [0.15, 0.2) is 34.6 Å². The standard InChI is InChI=1S/C20H25F3N8O6S2/c21-20(22,23)17-10-26-19(29-18(17)37-14-3-6-36-12-14)28-13-1-4-30(5-2-13)38(32,33)16-9-27-31(11-16)39(34,35)15(7-24)8-25/h7-11,13-14,24H,1-6,12,25H2,(H,26,28,29)/b15-8+,24-7?/t14-/m0/s1. The van der Waals surface area contributed by atoms with Crippen LogP contribution in [0.1, 0.15) is 24.8 Å². The predicted octanol–water partition coefficient (Wildman–Crippen LogP) is 0.752. The highest BCUT2D eigenvalue weighted by Gasteiger charge is 2.38. The van der Waals surface area contributed by atoms with Gasteiger partial charge in [0.15, 0.2) is 0 Å². The van der Waals surface area contributed by atoms with Crippen LogP contribution in [0.2, 0.25) is 0 Å². The number of rotatable bonds is 9. The number of hydrogen-bond acceptors (Lipinski definition) is 12. The molecule has 2 aliphatic heterocycles. The summed E-state index contributed by atoms with van der Waals surface area (Å²) in [6, 6.07) is -0.358. The Balaban J connectivity index is 1.43. The van der Waals surface area contributed by atoms with Crippen molar-refractivity contribution in [2.24, 2.45) is 5.73 Å². The fraction of sp³-hybridized carbons (Fsp3) is 0.500. The van der Waals surface area contributed by atoms with Gasteiger partial charge in [0.25, 0.3) is 10.0 Å². The van der Waals surface area contributed by atoms with Crippen molar-refractivity contribution in [3.8, 4) is 5.88 Å². The van der Waals surface area contributed by atoms with Crippen molar-refractivity contribution in [1.82, 2.24) is 23.5 Å². The van der Waals surface area contributed by atoms with Crippen molar-refractivity contribution in [2.45, 2.75) is 42.5 Å². The highest BCUT2D eigenvalue weighted by Crippen LogP contribution is 2.36. The second-order valence-electron chi connectivity index (χ2n) is 8.60. The molecule has 0 bridgehead atoms. The van der Waals surface area contributed by atoms with Gasteiger partial charge in [-0.2, -0.15) is 40.1 Å². The van der Waals surface area contributed by atoms with Crippen molar-refractivity contribution in [3.05, 3.63) is 35.3 Å². The quantitative estimate of drug-likeness (QED) is 0.347. The molecule has 0 radical (unpaired) electrons. The number of sulfonamides is 1. The topological polar surface area (TPSA) is 195 Å². The van der Waals surface area contributed by atoms with E-state index in [0.29, 0.717) is 35.7 Å². The Morgan fingerprint density at radius 2 is 1.92 bits per heavy atom. The minimum absolute atomic E-state index is 0.0236. The molecule has 2 aliphatic rings. The first kappa shape index (κ1) is 28.7. The first-order valence-corrected chi connectivity index (χ1v) is 14.4. The molecular weight excluding hydrogens is 569 g/mol. The molecule has 2 saturated heterocycles. The van der Waals surface area contributed by atoms with Crippen LogP contribution in [0.4, 0.5) is 19.1 Å². The molecule has 0 aliphatic carbocycles. The Labute approximate surface area is 221 Å². The third-order valence-electron chi connectivity index (χ3n) is 6.04. The number of nitrogens with two attached hydrogens (primary N) is 1. The fourth-order valence-electron chi connectivity index (χ4n) is 3.93. The van der Waals surface area contributed by atoms with Gasteiger partial charge in [0.05, 0.1) is 25.6 Å². The van der Waals surface area contributed by atoms with E-state index in [4.69, 9.17) is 20.6 Å². The minimum atomic E-state index is -4.72. The fourth-order valence-corrected chi connectivity index (χ4v) is 6.36. The lowest BCUT2D eigenvalue weighted by atomic mass is 10.1. The zero-order valence-corrected chi connectivity index (χ0v) is 21.8. The summed E-state index contributed by atoms with van der Waals surface area (Å²) in [7, 11) is -8.45. The van der Waals surface area contributed by atoms with Gasteiger partial charge in [0.1, 0.15) is 21.5 Å². The SMILES string of the molecule is N=C/C(=C\N)S(=O)(=O)n1cc(S(=O)(=O)N2CCC(Nc3ncc(C(F)(F)F)c(O[C@H]4CCOC4)n3)CC2)cn1. The first-order valence-electron chi connectivity index (χ1n) is 11.5. The largest absolute Gasteiger partial charge is 0.471 e. The van der Waals surface area contributed by atoms with Crippen LogP contribution in [-0.4, -0.2) is 85.0 Å². The van der Waals surface area contributed by atoms with Gasteiger partial charge in [-0.3, -0.25) is 0 Å². The first-order chi connectivity index (χ1) is 18.4. The summed E-state index contributed by atoms with van der Waals surface area (Å²) in [4.78, 5) is 6.73. The van der Waals surface area contributed by atoms with Gasteiger partial charge in [-0.25, -0.2) is 13.4 Å². The monoisotopic (exact) mass is 594 g/mol. The number of ether oxygens (including phenoxy) is 2. The summed E-state index contributed by atoms with van der Waals surface area (Å²) in [6.07, 6.45) is -0.822. The Morgan fingerprint density at radius 3 is 2.51 bits per heavy atom. The number of hydrogen-bond donors (Lipinski definition) is 3.